The molecule has 3 N–H and O–H groups in total. The average molecular weight is 306 g/mol. The second-order valence-electron chi connectivity index (χ2n) is 5.30. The number of hydrogen-bond donors (Lipinski definition) is 3. The van der Waals surface area contributed by atoms with Gasteiger partial charge < -0.3 is 15.4 Å². The molecule has 5 nitrogen and oxygen atoms in total. The zero-order valence-electron chi connectivity index (χ0n) is 12.4. The number of pyridine rings is 1. The van der Waals surface area contributed by atoms with E-state index in [9.17, 15) is 9.18 Å². The maximum absolute atomic E-state index is 13.6. The first-order chi connectivity index (χ1) is 10.5. The lowest BCUT2D eigenvalue weighted by Crippen LogP contribution is -2.29. The van der Waals surface area contributed by atoms with Gasteiger partial charge in [0.05, 0.1) is 5.52 Å². The highest BCUT2D eigenvalue weighted by atomic mass is 19.1. The first kappa shape index (κ1) is 16.2. The van der Waals surface area contributed by atoms with Crippen LogP contribution in [0.2, 0.25) is 0 Å². The van der Waals surface area contributed by atoms with Gasteiger partial charge in [-0.3, -0.25) is 9.59 Å². The van der Waals surface area contributed by atoms with Crippen molar-refractivity contribution in [3.8, 4) is 0 Å². The second kappa shape index (κ2) is 7.17. The number of H-pyrrole nitrogens is 1. The van der Waals surface area contributed by atoms with Gasteiger partial charge in [-0.25, -0.2) is 4.39 Å². The van der Waals surface area contributed by atoms with Crippen molar-refractivity contribution in [3.63, 3.8) is 0 Å². The summed E-state index contributed by atoms with van der Waals surface area (Å²) >= 11 is 0. The third-order valence-corrected chi connectivity index (χ3v) is 3.64. The number of benzene rings is 1. The first-order valence-electron chi connectivity index (χ1n) is 7.20. The van der Waals surface area contributed by atoms with Crippen molar-refractivity contribution in [2.75, 3.05) is 13.1 Å². The van der Waals surface area contributed by atoms with Crippen molar-refractivity contribution in [1.82, 2.24) is 10.3 Å². The molecule has 0 spiro atoms. The maximum atomic E-state index is 13.6. The van der Waals surface area contributed by atoms with E-state index in [0.717, 1.165) is 43.8 Å². The van der Waals surface area contributed by atoms with Gasteiger partial charge in [-0.1, -0.05) is 12.1 Å². The Morgan fingerprint density at radius 2 is 1.95 bits per heavy atom. The molecule has 1 aliphatic heterocycles. The maximum Gasteiger partial charge on any atom is 0.300 e. The molecule has 0 bridgehead atoms. The molecule has 0 amide bonds. The number of hydrogen-bond acceptors (Lipinski definition) is 3. The summed E-state index contributed by atoms with van der Waals surface area (Å²) < 4.78 is 13.6. The standard InChI is InChI=1S/C14H15FN2O.C2H4O2/c15-12-3-1-2-10-8-11(14(18)17-13(10)12)9-4-6-16-7-5-9;1-2(3)4/h1-3,8-9,16H,4-7H2,(H,17,18);1H3,(H,3,4). The lowest BCUT2D eigenvalue weighted by Gasteiger charge is -2.22. The lowest BCUT2D eigenvalue weighted by molar-refractivity contribution is -0.134. The van der Waals surface area contributed by atoms with Gasteiger partial charge in [-0.2, -0.15) is 0 Å². The van der Waals surface area contributed by atoms with E-state index >= 15 is 0 Å². The normalized spacial score (nSPS) is 15.2. The fourth-order valence-corrected chi connectivity index (χ4v) is 2.65. The van der Waals surface area contributed by atoms with Crippen LogP contribution in [0, 0.1) is 5.82 Å². The van der Waals surface area contributed by atoms with Crippen LogP contribution >= 0.6 is 0 Å². The van der Waals surface area contributed by atoms with Gasteiger partial charge in [-0.05, 0) is 44.0 Å². The molecule has 0 radical (unpaired) electrons. The molecule has 6 heteroatoms. The molecule has 0 atom stereocenters. The number of aliphatic carboxylic acids is 1. The molecular formula is C16H19FN2O3. The number of carbonyl (C=O) groups is 1. The average Bonchev–Trinajstić information content (AvgIpc) is 2.48. The Morgan fingerprint density at radius 1 is 1.32 bits per heavy atom. The predicted molar refractivity (Wildman–Crippen MR) is 82.7 cm³/mol. The van der Waals surface area contributed by atoms with E-state index in [1.165, 1.54) is 6.07 Å². The van der Waals surface area contributed by atoms with Crippen LogP contribution < -0.4 is 10.9 Å². The lowest BCUT2D eigenvalue weighted by atomic mass is 9.90. The molecular weight excluding hydrogens is 287 g/mol. The molecule has 3 rings (SSSR count). The summed E-state index contributed by atoms with van der Waals surface area (Å²) in [6.45, 7) is 2.95. The molecule has 1 fully saturated rings. The summed E-state index contributed by atoms with van der Waals surface area (Å²) in [5.74, 6) is -0.927. The quantitative estimate of drug-likeness (QED) is 0.754. The summed E-state index contributed by atoms with van der Waals surface area (Å²) in [5, 5.41) is 11.5. The van der Waals surface area contributed by atoms with Crippen LogP contribution in [0.3, 0.4) is 0 Å². The summed E-state index contributed by atoms with van der Waals surface area (Å²) in [6.07, 6.45) is 1.92. The fourth-order valence-electron chi connectivity index (χ4n) is 2.65. The number of para-hydroxylation sites is 1. The number of carboxylic acids is 1. The zero-order valence-corrected chi connectivity index (χ0v) is 12.4. The highest BCUT2D eigenvalue weighted by molar-refractivity contribution is 5.79. The number of aromatic nitrogens is 1. The van der Waals surface area contributed by atoms with Crippen molar-refractivity contribution in [2.45, 2.75) is 25.7 Å². The minimum Gasteiger partial charge on any atom is -0.481 e. The van der Waals surface area contributed by atoms with Gasteiger partial charge >= 0.3 is 0 Å². The largest absolute Gasteiger partial charge is 0.481 e. The molecule has 0 saturated carbocycles. The Bertz CT molecular complexity index is 717. The smallest absolute Gasteiger partial charge is 0.300 e. The third kappa shape index (κ3) is 3.92. The highest BCUT2D eigenvalue weighted by Gasteiger charge is 2.18. The van der Waals surface area contributed by atoms with Crippen LogP contribution in [0.1, 0.15) is 31.2 Å². The summed E-state index contributed by atoms with van der Waals surface area (Å²) in [4.78, 5) is 23.7. The monoisotopic (exact) mass is 306 g/mol. The Morgan fingerprint density at radius 3 is 2.59 bits per heavy atom. The predicted octanol–water partition coefficient (Wildman–Crippen LogP) is 2.23. The molecule has 0 aliphatic carbocycles. The molecule has 118 valence electrons. The molecule has 2 heterocycles. The fraction of sp³-hybridized carbons (Fsp3) is 0.375. The minimum atomic E-state index is -0.833. The van der Waals surface area contributed by atoms with E-state index in [0.29, 0.717) is 5.52 Å². The molecule has 0 unspecified atom stereocenters. The number of carboxylic acid groups (broad SMARTS) is 1. The Labute approximate surface area is 127 Å². The summed E-state index contributed by atoms with van der Waals surface area (Å²) in [5.41, 5.74) is 0.939. The van der Waals surface area contributed by atoms with Gasteiger partial charge in [0.25, 0.3) is 11.5 Å². The van der Waals surface area contributed by atoms with Gasteiger partial charge in [-0.15, -0.1) is 0 Å². The Balaban J connectivity index is 0.000000396. The van der Waals surface area contributed by atoms with E-state index < -0.39 is 5.97 Å². The molecule has 1 saturated heterocycles. The van der Waals surface area contributed by atoms with Gasteiger partial charge in [0, 0.05) is 17.9 Å². The Kier molecular flexibility index (Phi) is 5.27. The first-order valence-corrected chi connectivity index (χ1v) is 7.20. The molecule has 1 aromatic heterocycles. The van der Waals surface area contributed by atoms with Crippen molar-refractivity contribution in [3.05, 3.63) is 46.0 Å². The van der Waals surface area contributed by atoms with Gasteiger partial charge in [0.15, 0.2) is 0 Å². The van der Waals surface area contributed by atoms with Crippen LogP contribution in [-0.2, 0) is 4.79 Å². The van der Waals surface area contributed by atoms with E-state index in [1.807, 2.05) is 12.1 Å². The number of piperidine rings is 1. The molecule has 1 aliphatic rings. The van der Waals surface area contributed by atoms with Crippen molar-refractivity contribution >= 4 is 16.9 Å². The SMILES string of the molecule is CC(=O)O.O=c1[nH]c2c(F)cccc2cc1C1CCNCC1. The summed E-state index contributed by atoms with van der Waals surface area (Å²) in [6, 6.07) is 6.71. The van der Waals surface area contributed by atoms with Gasteiger partial charge in [0.1, 0.15) is 5.82 Å². The van der Waals surface area contributed by atoms with E-state index in [-0.39, 0.29) is 17.3 Å². The number of rotatable bonds is 1. The van der Waals surface area contributed by atoms with Crippen molar-refractivity contribution in [2.24, 2.45) is 0 Å². The van der Waals surface area contributed by atoms with Crippen LogP contribution in [-0.4, -0.2) is 29.1 Å². The molecule has 2 aromatic rings. The molecule has 1 aromatic carbocycles. The van der Waals surface area contributed by atoms with Crippen LogP contribution in [0.4, 0.5) is 4.39 Å². The van der Waals surface area contributed by atoms with Crippen molar-refractivity contribution in [1.29, 1.82) is 0 Å². The number of aromatic amines is 1. The number of nitrogens with one attached hydrogen (secondary N) is 2. The van der Waals surface area contributed by atoms with Crippen LogP contribution in [0.5, 0.6) is 0 Å². The number of fused-ring (bicyclic) bond motifs is 1. The third-order valence-electron chi connectivity index (χ3n) is 3.64. The highest BCUT2D eigenvalue weighted by Crippen LogP contribution is 2.25. The van der Waals surface area contributed by atoms with Crippen molar-refractivity contribution < 1.29 is 14.3 Å². The topological polar surface area (TPSA) is 82.2 Å². The van der Waals surface area contributed by atoms with Gasteiger partial charge in [0.2, 0.25) is 0 Å². The molecule has 22 heavy (non-hydrogen) atoms. The zero-order chi connectivity index (χ0) is 16.1. The second-order valence-corrected chi connectivity index (χ2v) is 5.30. The minimum absolute atomic E-state index is 0.153. The Hall–Kier alpha value is -2.21. The summed E-state index contributed by atoms with van der Waals surface area (Å²) in [7, 11) is 0. The van der Waals surface area contributed by atoms with E-state index in [4.69, 9.17) is 9.90 Å². The van der Waals surface area contributed by atoms with E-state index in [2.05, 4.69) is 10.3 Å². The number of halogens is 1. The van der Waals surface area contributed by atoms with E-state index in [1.54, 1.807) is 6.07 Å². The van der Waals surface area contributed by atoms with Crippen LogP contribution in [0.15, 0.2) is 29.1 Å². The van der Waals surface area contributed by atoms with Crippen LogP contribution in [0.25, 0.3) is 10.9 Å².